The first-order valence-electron chi connectivity index (χ1n) is 7.94. The fourth-order valence-electron chi connectivity index (χ4n) is 2.73. The second-order valence-electron chi connectivity index (χ2n) is 5.95. The number of aromatic hydroxyl groups is 4. The smallest absolute Gasteiger partial charge is 0.243 e. The van der Waals surface area contributed by atoms with Crippen molar-refractivity contribution in [3.8, 4) is 23.0 Å². The van der Waals surface area contributed by atoms with E-state index in [4.69, 9.17) is 0 Å². The van der Waals surface area contributed by atoms with Gasteiger partial charge in [-0.2, -0.15) is 0 Å². The first kappa shape index (κ1) is 18.7. The first-order chi connectivity index (χ1) is 13.2. The fraction of sp³-hybridized carbons (Fsp3) is 0.111. The second-order valence-corrected chi connectivity index (χ2v) is 5.95. The average molecular weight is 386 g/mol. The number of benzene rings is 2. The molecule has 2 aromatic rings. The number of imide groups is 2. The van der Waals surface area contributed by atoms with Crippen molar-refractivity contribution in [3.63, 3.8) is 0 Å². The summed E-state index contributed by atoms with van der Waals surface area (Å²) in [5, 5.41) is 37.9. The molecular formula is C18H14N2O8. The Labute approximate surface area is 157 Å². The predicted molar refractivity (Wildman–Crippen MR) is 93.8 cm³/mol. The summed E-state index contributed by atoms with van der Waals surface area (Å²) in [6, 6.07) is 6.38. The molecule has 1 saturated heterocycles. The standard InChI is InChI=1S/C18H14N2O8/c21-11-3-1-9(5-13(11)23)19-15(25)7-17(27)20(18(28)8-16(19)26)10-2-4-12(22)14(24)6-10/h1-6,21-24H,7-8H2. The zero-order valence-corrected chi connectivity index (χ0v) is 14.2. The van der Waals surface area contributed by atoms with Crippen LogP contribution in [0, 0.1) is 0 Å². The summed E-state index contributed by atoms with van der Waals surface area (Å²) in [5.41, 5.74) is -0.219. The van der Waals surface area contributed by atoms with Crippen molar-refractivity contribution in [2.45, 2.75) is 12.8 Å². The number of amides is 4. The molecule has 0 atom stereocenters. The van der Waals surface area contributed by atoms with Crippen LogP contribution >= 0.6 is 0 Å². The van der Waals surface area contributed by atoms with E-state index in [0.717, 1.165) is 24.3 Å². The van der Waals surface area contributed by atoms with Crippen LogP contribution < -0.4 is 9.80 Å². The van der Waals surface area contributed by atoms with Gasteiger partial charge in [-0.25, -0.2) is 9.80 Å². The summed E-state index contributed by atoms with van der Waals surface area (Å²) in [6.45, 7) is 0. The molecular weight excluding hydrogens is 372 g/mol. The topological polar surface area (TPSA) is 156 Å². The van der Waals surface area contributed by atoms with Crippen LogP contribution in [-0.4, -0.2) is 44.1 Å². The van der Waals surface area contributed by atoms with E-state index < -0.39 is 59.5 Å². The molecule has 4 amide bonds. The molecule has 0 saturated carbocycles. The Morgan fingerprint density at radius 1 is 0.536 bits per heavy atom. The minimum atomic E-state index is -0.944. The Hall–Kier alpha value is -4.08. The maximum Gasteiger partial charge on any atom is 0.243 e. The molecule has 28 heavy (non-hydrogen) atoms. The Morgan fingerprint density at radius 2 is 0.857 bits per heavy atom. The molecule has 0 bridgehead atoms. The van der Waals surface area contributed by atoms with E-state index in [-0.39, 0.29) is 11.4 Å². The Kier molecular flexibility index (Phi) is 4.62. The Balaban J connectivity index is 1.97. The van der Waals surface area contributed by atoms with Gasteiger partial charge in [0.25, 0.3) is 0 Å². The minimum absolute atomic E-state index is 0.110. The van der Waals surface area contributed by atoms with E-state index in [9.17, 15) is 39.6 Å². The van der Waals surface area contributed by atoms with Crippen LogP contribution in [0.3, 0.4) is 0 Å². The average Bonchev–Trinajstić information content (AvgIpc) is 2.60. The quantitative estimate of drug-likeness (QED) is 0.334. The van der Waals surface area contributed by atoms with Gasteiger partial charge in [0.05, 0.1) is 11.4 Å². The third kappa shape index (κ3) is 3.30. The summed E-state index contributed by atoms with van der Waals surface area (Å²) in [4.78, 5) is 51.2. The lowest BCUT2D eigenvalue weighted by molar-refractivity contribution is -0.134. The number of hydrogen-bond donors (Lipinski definition) is 4. The number of carbonyl (C=O) groups is 4. The predicted octanol–water partition coefficient (Wildman–Crippen LogP) is 0.722. The van der Waals surface area contributed by atoms with Gasteiger partial charge >= 0.3 is 0 Å². The van der Waals surface area contributed by atoms with Crippen LogP contribution in [0.2, 0.25) is 0 Å². The molecule has 10 heteroatoms. The van der Waals surface area contributed by atoms with Crippen molar-refractivity contribution >= 4 is 35.0 Å². The summed E-state index contributed by atoms with van der Waals surface area (Å²) in [6.07, 6.45) is -1.69. The first-order valence-corrected chi connectivity index (χ1v) is 7.94. The monoisotopic (exact) mass is 386 g/mol. The number of rotatable bonds is 2. The largest absolute Gasteiger partial charge is 0.504 e. The Morgan fingerprint density at radius 3 is 1.14 bits per heavy atom. The van der Waals surface area contributed by atoms with Crippen molar-refractivity contribution in [2.24, 2.45) is 0 Å². The lowest BCUT2D eigenvalue weighted by atomic mass is 10.1. The van der Waals surface area contributed by atoms with Crippen molar-refractivity contribution < 1.29 is 39.6 Å². The van der Waals surface area contributed by atoms with Gasteiger partial charge in [-0.1, -0.05) is 0 Å². The zero-order chi connectivity index (χ0) is 20.6. The highest BCUT2D eigenvalue weighted by molar-refractivity contribution is 6.31. The van der Waals surface area contributed by atoms with Crippen LogP contribution in [0.15, 0.2) is 36.4 Å². The van der Waals surface area contributed by atoms with Gasteiger partial charge in [0.2, 0.25) is 23.6 Å². The number of phenolic OH excluding ortho intramolecular Hbond substituents is 4. The Bertz CT molecular complexity index is 907. The highest BCUT2D eigenvalue weighted by atomic mass is 16.3. The molecule has 10 nitrogen and oxygen atoms in total. The van der Waals surface area contributed by atoms with Crippen LogP contribution in [0.5, 0.6) is 23.0 Å². The molecule has 1 fully saturated rings. The molecule has 0 unspecified atom stereocenters. The molecule has 144 valence electrons. The molecule has 3 rings (SSSR count). The van der Waals surface area contributed by atoms with Crippen molar-refractivity contribution in [2.75, 3.05) is 9.80 Å². The van der Waals surface area contributed by atoms with E-state index in [1.807, 2.05) is 0 Å². The lowest BCUT2D eigenvalue weighted by Gasteiger charge is -2.28. The summed E-state index contributed by atoms with van der Waals surface area (Å²) in [7, 11) is 0. The second kappa shape index (κ2) is 6.91. The number of nitrogens with zero attached hydrogens (tertiary/aromatic N) is 2. The van der Waals surface area contributed by atoms with E-state index in [2.05, 4.69) is 0 Å². The van der Waals surface area contributed by atoms with E-state index in [1.165, 1.54) is 12.1 Å². The molecule has 2 aromatic carbocycles. The van der Waals surface area contributed by atoms with E-state index in [0.29, 0.717) is 9.80 Å². The maximum atomic E-state index is 12.5. The van der Waals surface area contributed by atoms with Crippen LogP contribution in [0.25, 0.3) is 0 Å². The van der Waals surface area contributed by atoms with Crippen molar-refractivity contribution in [1.29, 1.82) is 0 Å². The number of hydrogen-bond acceptors (Lipinski definition) is 8. The van der Waals surface area contributed by atoms with Gasteiger partial charge in [0, 0.05) is 12.1 Å². The molecule has 0 aliphatic carbocycles. The molecule has 0 spiro atoms. The van der Waals surface area contributed by atoms with Crippen LogP contribution in [0.1, 0.15) is 12.8 Å². The van der Waals surface area contributed by atoms with Crippen LogP contribution in [-0.2, 0) is 19.2 Å². The van der Waals surface area contributed by atoms with Crippen LogP contribution in [0.4, 0.5) is 11.4 Å². The highest BCUT2D eigenvalue weighted by Crippen LogP contribution is 2.33. The molecule has 1 aliphatic heterocycles. The lowest BCUT2D eigenvalue weighted by Crippen LogP contribution is -2.49. The van der Waals surface area contributed by atoms with E-state index in [1.54, 1.807) is 0 Å². The van der Waals surface area contributed by atoms with Gasteiger partial charge < -0.3 is 20.4 Å². The normalized spacial score (nSPS) is 15.6. The number of carbonyl (C=O) groups excluding carboxylic acids is 4. The molecule has 1 aliphatic rings. The van der Waals surface area contributed by atoms with Gasteiger partial charge in [-0.05, 0) is 24.3 Å². The fourth-order valence-corrected chi connectivity index (χ4v) is 2.73. The van der Waals surface area contributed by atoms with Crippen molar-refractivity contribution in [1.82, 2.24) is 0 Å². The van der Waals surface area contributed by atoms with Gasteiger partial charge in [-0.15, -0.1) is 0 Å². The molecule has 1 heterocycles. The highest BCUT2D eigenvalue weighted by Gasteiger charge is 2.36. The van der Waals surface area contributed by atoms with Crippen molar-refractivity contribution in [3.05, 3.63) is 36.4 Å². The summed E-state index contributed by atoms with van der Waals surface area (Å²) >= 11 is 0. The van der Waals surface area contributed by atoms with Gasteiger partial charge in [0.15, 0.2) is 23.0 Å². The molecule has 0 radical (unpaired) electrons. The number of phenols is 4. The molecule has 4 N–H and O–H groups in total. The SMILES string of the molecule is O=C1CC(=O)N(c2ccc(O)c(O)c2)C(=O)CC(=O)N1c1ccc(O)c(O)c1. The van der Waals surface area contributed by atoms with Gasteiger partial charge in [-0.3, -0.25) is 19.2 Å². The minimum Gasteiger partial charge on any atom is -0.504 e. The maximum absolute atomic E-state index is 12.5. The third-order valence-electron chi connectivity index (χ3n) is 4.04. The zero-order valence-electron chi connectivity index (χ0n) is 14.2. The summed E-state index contributed by atoms with van der Waals surface area (Å²) < 4.78 is 0. The van der Waals surface area contributed by atoms with E-state index >= 15 is 0 Å². The number of anilines is 2. The third-order valence-corrected chi connectivity index (χ3v) is 4.04. The summed E-state index contributed by atoms with van der Waals surface area (Å²) in [5.74, 6) is -5.89. The van der Waals surface area contributed by atoms with Gasteiger partial charge in [0.1, 0.15) is 12.8 Å². The molecule has 0 aromatic heterocycles.